The van der Waals surface area contributed by atoms with Crippen molar-refractivity contribution >= 4 is 21.9 Å². The number of likely N-dealkylation sites (N-methyl/N-ethyl adjacent to an activating group) is 1. The summed E-state index contributed by atoms with van der Waals surface area (Å²) in [5.41, 5.74) is 0. The summed E-state index contributed by atoms with van der Waals surface area (Å²) in [6, 6.07) is -1.74. The molecule has 18 heavy (non-hydrogen) atoms. The molecule has 8 heteroatoms. The van der Waals surface area contributed by atoms with Gasteiger partial charge in [0, 0.05) is 13.6 Å². The lowest BCUT2D eigenvalue weighted by molar-refractivity contribution is -0.149. The molecule has 104 valence electrons. The topological polar surface area (TPSA) is 95.0 Å². The first kappa shape index (κ1) is 14.9. The molecule has 1 heterocycles. The molecule has 1 saturated heterocycles. The van der Waals surface area contributed by atoms with Crippen molar-refractivity contribution in [1.29, 1.82) is 0 Å². The first-order valence-corrected chi connectivity index (χ1v) is 7.47. The molecule has 7 nitrogen and oxygen atoms in total. The van der Waals surface area contributed by atoms with Crippen LogP contribution in [0.15, 0.2) is 0 Å². The fourth-order valence-electron chi connectivity index (χ4n) is 1.98. The van der Waals surface area contributed by atoms with Crippen LogP contribution >= 0.6 is 0 Å². The van der Waals surface area contributed by atoms with Crippen LogP contribution in [0.3, 0.4) is 0 Å². The molecule has 1 N–H and O–H groups in total. The van der Waals surface area contributed by atoms with Crippen molar-refractivity contribution in [2.75, 3.05) is 19.8 Å². The summed E-state index contributed by atoms with van der Waals surface area (Å²) in [5.74, 6) is -1.58. The molecule has 1 fully saturated rings. The number of aliphatic carboxylic acids is 1. The Morgan fingerprint density at radius 3 is 2.44 bits per heavy atom. The average molecular weight is 278 g/mol. The molecule has 0 aromatic carbocycles. The van der Waals surface area contributed by atoms with Gasteiger partial charge in [-0.2, -0.15) is 4.31 Å². The van der Waals surface area contributed by atoms with Gasteiger partial charge >= 0.3 is 5.97 Å². The van der Waals surface area contributed by atoms with Gasteiger partial charge in [-0.1, -0.05) is 0 Å². The minimum Gasteiger partial charge on any atom is -0.480 e. The van der Waals surface area contributed by atoms with E-state index in [1.807, 2.05) is 0 Å². The first-order valence-electron chi connectivity index (χ1n) is 5.62. The Kier molecular flexibility index (Phi) is 4.33. The summed E-state index contributed by atoms with van der Waals surface area (Å²) < 4.78 is 24.2. The second-order valence-electron chi connectivity index (χ2n) is 4.50. The van der Waals surface area contributed by atoms with E-state index in [0.717, 1.165) is 15.5 Å². The standard InChI is InChI=1S/C10H18N2O5S/c1-7(10(14)15)11(2)9(13)8-5-4-6-12(8)18(3,16)17/h7-8H,4-6H2,1-3H3,(H,14,15)/t7-,8-/m1/s1. The van der Waals surface area contributed by atoms with Crippen molar-refractivity contribution in [3.8, 4) is 0 Å². The lowest BCUT2D eigenvalue weighted by Crippen LogP contribution is -2.50. The van der Waals surface area contributed by atoms with Gasteiger partial charge in [-0.05, 0) is 19.8 Å². The van der Waals surface area contributed by atoms with Gasteiger partial charge in [-0.3, -0.25) is 4.79 Å². The maximum absolute atomic E-state index is 12.1. The minimum atomic E-state index is -3.44. The molecule has 1 rings (SSSR count). The largest absolute Gasteiger partial charge is 0.480 e. The van der Waals surface area contributed by atoms with Crippen LogP contribution in [0.25, 0.3) is 0 Å². The van der Waals surface area contributed by atoms with Crippen LogP contribution in [0.4, 0.5) is 0 Å². The summed E-state index contributed by atoms with van der Waals surface area (Å²) in [7, 11) is -2.06. The number of hydrogen-bond donors (Lipinski definition) is 1. The first-order chi connectivity index (χ1) is 8.16. The van der Waals surface area contributed by atoms with E-state index in [2.05, 4.69) is 0 Å². The highest BCUT2D eigenvalue weighted by Gasteiger charge is 2.39. The second kappa shape index (κ2) is 5.23. The Labute approximate surface area is 106 Å². The lowest BCUT2D eigenvalue weighted by Gasteiger charge is -2.28. The fraction of sp³-hybridized carbons (Fsp3) is 0.800. The van der Waals surface area contributed by atoms with E-state index < -0.39 is 34.0 Å². The van der Waals surface area contributed by atoms with Crippen molar-refractivity contribution in [1.82, 2.24) is 9.21 Å². The SMILES string of the molecule is C[C@H](C(=O)O)N(C)C(=O)[C@H]1CCCN1S(C)(=O)=O. The third-order valence-corrected chi connectivity index (χ3v) is 4.49. The van der Waals surface area contributed by atoms with Crippen LogP contribution in [0.1, 0.15) is 19.8 Å². The number of rotatable bonds is 4. The van der Waals surface area contributed by atoms with Gasteiger partial charge in [0.1, 0.15) is 12.1 Å². The molecule has 0 bridgehead atoms. The second-order valence-corrected chi connectivity index (χ2v) is 6.43. The van der Waals surface area contributed by atoms with Gasteiger partial charge < -0.3 is 10.0 Å². The smallest absolute Gasteiger partial charge is 0.326 e. The van der Waals surface area contributed by atoms with Crippen LogP contribution in [-0.2, 0) is 19.6 Å². The normalized spacial score (nSPS) is 22.7. The monoisotopic (exact) mass is 278 g/mol. The molecular weight excluding hydrogens is 260 g/mol. The van der Waals surface area contributed by atoms with E-state index in [0.29, 0.717) is 19.4 Å². The fourth-order valence-corrected chi connectivity index (χ4v) is 3.09. The Balaban J connectivity index is 2.87. The minimum absolute atomic E-state index is 0.310. The molecule has 0 aliphatic carbocycles. The average Bonchev–Trinajstić information content (AvgIpc) is 2.74. The van der Waals surface area contributed by atoms with Crippen molar-refractivity contribution < 1.29 is 23.1 Å². The van der Waals surface area contributed by atoms with Gasteiger partial charge in [0.05, 0.1) is 6.26 Å². The Hall–Kier alpha value is -1.15. The highest BCUT2D eigenvalue weighted by molar-refractivity contribution is 7.88. The van der Waals surface area contributed by atoms with Gasteiger partial charge in [0.25, 0.3) is 0 Å². The van der Waals surface area contributed by atoms with Crippen molar-refractivity contribution in [2.24, 2.45) is 0 Å². The van der Waals surface area contributed by atoms with Gasteiger partial charge in [0.15, 0.2) is 0 Å². The van der Waals surface area contributed by atoms with Crippen LogP contribution < -0.4 is 0 Å². The van der Waals surface area contributed by atoms with Crippen LogP contribution in [-0.4, -0.2) is 66.5 Å². The summed E-state index contributed by atoms with van der Waals surface area (Å²) in [6.07, 6.45) is 2.10. The van der Waals surface area contributed by atoms with E-state index >= 15 is 0 Å². The predicted molar refractivity (Wildman–Crippen MR) is 64.4 cm³/mol. The Bertz CT molecular complexity index is 447. The number of amides is 1. The quantitative estimate of drug-likeness (QED) is 0.736. The molecule has 1 amide bonds. The number of sulfonamides is 1. The van der Waals surface area contributed by atoms with Gasteiger partial charge in [-0.15, -0.1) is 0 Å². The summed E-state index contributed by atoms with van der Waals surface area (Å²) in [4.78, 5) is 24.0. The van der Waals surface area contributed by atoms with E-state index in [4.69, 9.17) is 5.11 Å². The zero-order valence-electron chi connectivity index (χ0n) is 10.7. The Morgan fingerprint density at radius 2 is 2.00 bits per heavy atom. The molecular formula is C10H18N2O5S. The zero-order valence-corrected chi connectivity index (χ0v) is 11.5. The van der Waals surface area contributed by atoms with Crippen molar-refractivity contribution in [3.63, 3.8) is 0 Å². The number of carboxylic acids is 1. The number of carbonyl (C=O) groups is 2. The van der Waals surface area contributed by atoms with E-state index in [-0.39, 0.29) is 0 Å². The molecule has 0 unspecified atom stereocenters. The molecule has 2 atom stereocenters. The highest BCUT2D eigenvalue weighted by atomic mass is 32.2. The van der Waals surface area contributed by atoms with Crippen LogP contribution in [0, 0.1) is 0 Å². The number of nitrogens with zero attached hydrogens (tertiary/aromatic N) is 2. The van der Waals surface area contributed by atoms with E-state index in [9.17, 15) is 18.0 Å². The van der Waals surface area contributed by atoms with Crippen LogP contribution in [0.2, 0.25) is 0 Å². The van der Waals surface area contributed by atoms with Gasteiger partial charge in [-0.25, -0.2) is 13.2 Å². The number of carboxylic acid groups (broad SMARTS) is 1. The third-order valence-electron chi connectivity index (χ3n) is 3.20. The summed E-state index contributed by atoms with van der Waals surface area (Å²) in [5, 5.41) is 8.84. The number of hydrogen-bond acceptors (Lipinski definition) is 4. The van der Waals surface area contributed by atoms with E-state index in [1.54, 1.807) is 0 Å². The van der Waals surface area contributed by atoms with Crippen molar-refractivity contribution in [3.05, 3.63) is 0 Å². The molecule has 0 aromatic rings. The number of carbonyl (C=O) groups excluding carboxylic acids is 1. The van der Waals surface area contributed by atoms with E-state index in [1.165, 1.54) is 14.0 Å². The molecule has 1 aliphatic heterocycles. The maximum Gasteiger partial charge on any atom is 0.326 e. The molecule has 0 spiro atoms. The summed E-state index contributed by atoms with van der Waals surface area (Å²) >= 11 is 0. The maximum atomic E-state index is 12.1. The van der Waals surface area contributed by atoms with Crippen molar-refractivity contribution in [2.45, 2.75) is 31.8 Å². The lowest BCUT2D eigenvalue weighted by atomic mass is 10.2. The van der Waals surface area contributed by atoms with Gasteiger partial charge in [0.2, 0.25) is 15.9 Å². The molecule has 0 radical (unpaired) electrons. The van der Waals surface area contributed by atoms with Crippen LogP contribution in [0.5, 0.6) is 0 Å². The Morgan fingerprint density at radius 1 is 1.44 bits per heavy atom. The highest BCUT2D eigenvalue weighted by Crippen LogP contribution is 2.22. The molecule has 0 aromatic heterocycles. The zero-order chi connectivity index (χ0) is 14.1. The molecule has 0 saturated carbocycles. The molecule has 1 aliphatic rings. The third kappa shape index (κ3) is 2.99. The summed E-state index contributed by atoms with van der Waals surface area (Å²) in [6.45, 7) is 1.70. The predicted octanol–water partition coefficient (Wildman–Crippen LogP) is -0.658.